The van der Waals surface area contributed by atoms with Crippen LogP contribution >= 0.6 is 0 Å². The summed E-state index contributed by atoms with van der Waals surface area (Å²) in [6.45, 7) is 7.11. The summed E-state index contributed by atoms with van der Waals surface area (Å²) in [6, 6.07) is 5.87. The Morgan fingerprint density at radius 3 is 2.50 bits per heavy atom. The number of likely N-dealkylation sites (tertiary alicyclic amines) is 1. The maximum Gasteiger partial charge on any atom is 0.161 e. The van der Waals surface area contributed by atoms with E-state index in [9.17, 15) is 10.2 Å². The van der Waals surface area contributed by atoms with Gasteiger partial charge in [-0.3, -0.25) is 9.80 Å². The number of hydrogen-bond donors (Lipinski definition) is 2. The number of methoxy groups -OCH3 is 1. The fourth-order valence-electron chi connectivity index (χ4n) is 3.43. The lowest BCUT2D eigenvalue weighted by Gasteiger charge is -2.35. The molecule has 0 bridgehead atoms. The Kier molecular flexibility index (Phi) is 6.72. The van der Waals surface area contributed by atoms with Gasteiger partial charge in [-0.25, -0.2) is 0 Å². The summed E-state index contributed by atoms with van der Waals surface area (Å²) in [7, 11) is 3.74. The number of aliphatic hydroxyl groups is 2. The Morgan fingerprint density at radius 1 is 1.12 bits per heavy atom. The second kappa shape index (κ2) is 9.01. The van der Waals surface area contributed by atoms with E-state index < -0.39 is 6.10 Å². The zero-order chi connectivity index (χ0) is 18.5. The first-order valence-corrected chi connectivity index (χ1v) is 9.32. The Labute approximate surface area is 155 Å². The zero-order valence-corrected chi connectivity index (χ0v) is 15.8. The van der Waals surface area contributed by atoms with Gasteiger partial charge in [0.25, 0.3) is 0 Å². The van der Waals surface area contributed by atoms with Gasteiger partial charge < -0.3 is 24.6 Å². The molecule has 26 heavy (non-hydrogen) atoms. The van der Waals surface area contributed by atoms with E-state index in [1.54, 1.807) is 7.11 Å². The van der Waals surface area contributed by atoms with Gasteiger partial charge in [0, 0.05) is 52.4 Å². The van der Waals surface area contributed by atoms with Crippen LogP contribution in [0.25, 0.3) is 0 Å². The molecule has 0 radical (unpaired) electrons. The molecule has 2 heterocycles. The molecule has 0 amide bonds. The smallest absolute Gasteiger partial charge is 0.161 e. The quantitative estimate of drug-likeness (QED) is 0.665. The number of ether oxygens (including phenoxy) is 2. The molecule has 1 atom stereocenters. The minimum Gasteiger partial charge on any atom is -0.493 e. The first-order chi connectivity index (χ1) is 12.5. The molecule has 0 saturated carbocycles. The molecule has 0 aliphatic carbocycles. The molecule has 1 aromatic carbocycles. The van der Waals surface area contributed by atoms with Crippen molar-refractivity contribution in [1.82, 2.24) is 14.7 Å². The predicted molar refractivity (Wildman–Crippen MR) is 99.7 cm³/mol. The Balaban J connectivity index is 1.50. The van der Waals surface area contributed by atoms with Gasteiger partial charge in [0.15, 0.2) is 11.5 Å². The molecule has 2 aliphatic heterocycles. The number of β-amino-alcohol motifs (C(OH)–C–C–N with tert-alkyl or cyclic N) is 2. The van der Waals surface area contributed by atoms with Crippen LogP contribution in [0.3, 0.4) is 0 Å². The van der Waals surface area contributed by atoms with Crippen molar-refractivity contribution in [2.24, 2.45) is 0 Å². The van der Waals surface area contributed by atoms with E-state index in [2.05, 4.69) is 21.7 Å². The predicted octanol–water partition coefficient (Wildman–Crippen LogP) is -0.141. The van der Waals surface area contributed by atoms with E-state index in [-0.39, 0.29) is 12.7 Å². The van der Waals surface area contributed by atoms with E-state index in [4.69, 9.17) is 9.47 Å². The zero-order valence-electron chi connectivity index (χ0n) is 15.8. The van der Waals surface area contributed by atoms with Crippen molar-refractivity contribution in [3.05, 3.63) is 23.8 Å². The summed E-state index contributed by atoms with van der Waals surface area (Å²) < 4.78 is 11.2. The van der Waals surface area contributed by atoms with Crippen molar-refractivity contribution in [1.29, 1.82) is 0 Å². The molecular formula is C19H31N3O4. The lowest BCUT2D eigenvalue weighted by atomic mass is 10.1. The standard InChI is InChI=1S/C19H31N3O4/c1-20-5-7-21(8-6-20)13-17(24)14-26-19-9-15(3-4-18(19)25-2)10-22-11-16(23)12-22/h3-4,9,16-17,23-24H,5-8,10-14H2,1-2H3. The van der Waals surface area contributed by atoms with Crippen LogP contribution in [0.5, 0.6) is 11.5 Å². The van der Waals surface area contributed by atoms with Gasteiger partial charge in [-0.15, -0.1) is 0 Å². The van der Waals surface area contributed by atoms with Crippen LogP contribution < -0.4 is 9.47 Å². The largest absolute Gasteiger partial charge is 0.493 e. The van der Waals surface area contributed by atoms with E-state index in [1.165, 1.54) is 0 Å². The molecule has 7 heteroatoms. The van der Waals surface area contributed by atoms with Crippen LogP contribution in [-0.2, 0) is 6.54 Å². The SMILES string of the molecule is COc1ccc(CN2CC(O)C2)cc1OCC(O)CN1CCN(C)CC1. The monoisotopic (exact) mass is 365 g/mol. The van der Waals surface area contributed by atoms with E-state index >= 15 is 0 Å². The van der Waals surface area contributed by atoms with Crippen molar-refractivity contribution in [2.45, 2.75) is 18.8 Å². The van der Waals surface area contributed by atoms with Crippen molar-refractivity contribution in [3.8, 4) is 11.5 Å². The fraction of sp³-hybridized carbons (Fsp3) is 0.684. The molecule has 1 aromatic rings. The molecule has 2 saturated heterocycles. The first kappa shape index (κ1) is 19.4. The van der Waals surface area contributed by atoms with Crippen LogP contribution in [-0.4, -0.2) is 104 Å². The van der Waals surface area contributed by atoms with Crippen LogP contribution in [0, 0.1) is 0 Å². The second-order valence-electron chi connectivity index (χ2n) is 7.40. The Bertz CT molecular complexity index is 572. The number of rotatable bonds is 8. The van der Waals surface area contributed by atoms with Gasteiger partial charge in [-0.05, 0) is 24.7 Å². The third-order valence-electron chi connectivity index (χ3n) is 5.07. The van der Waals surface area contributed by atoms with E-state index in [0.29, 0.717) is 31.1 Å². The topological polar surface area (TPSA) is 68.6 Å². The molecule has 3 rings (SSSR count). The van der Waals surface area contributed by atoms with E-state index in [0.717, 1.165) is 38.3 Å². The maximum absolute atomic E-state index is 10.3. The number of aliphatic hydroxyl groups excluding tert-OH is 2. The summed E-state index contributed by atoms with van der Waals surface area (Å²) in [4.78, 5) is 6.75. The molecule has 146 valence electrons. The number of hydrogen-bond acceptors (Lipinski definition) is 7. The highest BCUT2D eigenvalue weighted by Gasteiger charge is 2.24. The average molecular weight is 365 g/mol. The highest BCUT2D eigenvalue weighted by Crippen LogP contribution is 2.29. The molecule has 0 spiro atoms. The van der Waals surface area contributed by atoms with Crippen LogP contribution in [0.1, 0.15) is 5.56 Å². The number of nitrogens with zero attached hydrogens (tertiary/aromatic N) is 3. The van der Waals surface area contributed by atoms with Gasteiger partial charge in [-0.1, -0.05) is 6.07 Å². The van der Waals surface area contributed by atoms with Crippen molar-refractivity contribution < 1.29 is 19.7 Å². The number of likely N-dealkylation sites (N-methyl/N-ethyl adjacent to an activating group) is 1. The maximum atomic E-state index is 10.3. The van der Waals surface area contributed by atoms with Crippen LogP contribution in [0.2, 0.25) is 0 Å². The lowest BCUT2D eigenvalue weighted by molar-refractivity contribution is -0.00293. The molecule has 2 N–H and O–H groups in total. The summed E-state index contributed by atoms with van der Waals surface area (Å²) in [6.07, 6.45) is -0.731. The summed E-state index contributed by atoms with van der Waals surface area (Å²) >= 11 is 0. The van der Waals surface area contributed by atoms with Gasteiger partial charge in [0.2, 0.25) is 0 Å². The first-order valence-electron chi connectivity index (χ1n) is 9.32. The number of benzene rings is 1. The minimum absolute atomic E-state index is 0.200. The third kappa shape index (κ3) is 5.31. The summed E-state index contributed by atoms with van der Waals surface area (Å²) in [5.41, 5.74) is 1.11. The summed E-state index contributed by atoms with van der Waals surface area (Å²) in [5.74, 6) is 1.33. The molecular weight excluding hydrogens is 334 g/mol. The second-order valence-corrected chi connectivity index (χ2v) is 7.40. The van der Waals surface area contributed by atoms with Crippen LogP contribution in [0.15, 0.2) is 18.2 Å². The van der Waals surface area contributed by atoms with Gasteiger partial charge in [0.05, 0.1) is 13.2 Å². The van der Waals surface area contributed by atoms with Gasteiger partial charge >= 0.3 is 0 Å². The highest BCUT2D eigenvalue weighted by atomic mass is 16.5. The minimum atomic E-state index is -0.530. The molecule has 0 aromatic heterocycles. The van der Waals surface area contributed by atoms with Crippen molar-refractivity contribution >= 4 is 0 Å². The Morgan fingerprint density at radius 2 is 1.85 bits per heavy atom. The normalized spacial score (nSPS) is 21.4. The summed E-state index contributed by atoms with van der Waals surface area (Å²) in [5, 5.41) is 19.7. The number of piperazine rings is 1. The van der Waals surface area contributed by atoms with Crippen molar-refractivity contribution in [3.63, 3.8) is 0 Å². The van der Waals surface area contributed by atoms with Gasteiger partial charge in [-0.2, -0.15) is 0 Å². The fourth-order valence-corrected chi connectivity index (χ4v) is 3.43. The van der Waals surface area contributed by atoms with E-state index in [1.807, 2.05) is 18.2 Å². The molecule has 7 nitrogen and oxygen atoms in total. The van der Waals surface area contributed by atoms with Crippen molar-refractivity contribution in [2.75, 3.05) is 66.6 Å². The molecule has 2 aliphatic rings. The lowest BCUT2D eigenvalue weighted by Crippen LogP contribution is -2.49. The Hall–Kier alpha value is -1.38. The highest BCUT2D eigenvalue weighted by molar-refractivity contribution is 5.43. The van der Waals surface area contributed by atoms with Crippen LogP contribution in [0.4, 0.5) is 0 Å². The van der Waals surface area contributed by atoms with Gasteiger partial charge in [0.1, 0.15) is 12.7 Å². The molecule has 2 fully saturated rings. The average Bonchev–Trinajstić information content (AvgIpc) is 2.61. The third-order valence-corrected chi connectivity index (χ3v) is 5.07. The molecule has 1 unspecified atom stereocenters.